The fraction of sp³-hybridized carbons (Fsp3) is 0.0667. The molecule has 0 fully saturated rings. The standard InChI is InChI=1S/C15H10F3N3O/c16-15(17,18)12-3-1-2-4-13(12)20-21-14(22)11-7-5-10(9-19)6-8-11/h1-8,20H,(H,21,22). The van der Waals surface area contributed by atoms with Crippen molar-refractivity contribution in [2.24, 2.45) is 0 Å². The number of nitrogens with zero attached hydrogens (tertiary/aromatic N) is 1. The van der Waals surface area contributed by atoms with E-state index in [-0.39, 0.29) is 11.3 Å². The van der Waals surface area contributed by atoms with E-state index in [4.69, 9.17) is 5.26 Å². The Hall–Kier alpha value is -3.01. The van der Waals surface area contributed by atoms with Crippen LogP contribution in [-0.2, 0) is 6.18 Å². The Balaban J connectivity index is 2.10. The monoisotopic (exact) mass is 305 g/mol. The molecule has 22 heavy (non-hydrogen) atoms. The molecule has 0 atom stereocenters. The molecule has 0 heterocycles. The van der Waals surface area contributed by atoms with E-state index in [9.17, 15) is 18.0 Å². The molecule has 0 saturated carbocycles. The minimum atomic E-state index is -4.53. The molecular weight excluding hydrogens is 295 g/mol. The van der Waals surface area contributed by atoms with Crippen molar-refractivity contribution < 1.29 is 18.0 Å². The highest BCUT2D eigenvalue weighted by molar-refractivity contribution is 5.95. The van der Waals surface area contributed by atoms with Crippen molar-refractivity contribution in [1.82, 2.24) is 5.43 Å². The molecule has 112 valence electrons. The molecule has 2 aromatic rings. The molecule has 7 heteroatoms. The second kappa shape index (κ2) is 6.18. The number of hydrogen-bond acceptors (Lipinski definition) is 3. The molecule has 2 rings (SSSR count). The van der Waals surface area contributed by atoms with Gasteiger partial charge in [-0.2, -0.15) is 18.4 Å². The van der Waals surface area contributed by atoms with E-state index < -0.39 is 17.6 Å². The van der Waals surface area contributed by atoms with Crippen LogP contribution in [0.3, 0.4) is 0 Å². The lowest BCUT2D eigenvalue weighted by Crippen LogP contribution is -2.30. The van der Waals surface area contributed by atoms with Gasteiger partial charge in [-0.25, -0.2) is 0 Å². The van der Waals surface area contributed by atoms with Crippen LogP contribution in [0.15, 0.2) is 48.5 Å². The molecular formula is C15H10F3N3O. The average Bonchev–Trinajstić information content (AvgIpc) is 2.52. The van der Waals surface area contributed by atoms with Crippen LogP contribution in [0.4, 0.5) is 18.9 Å². The molecule has 1 amide bonds. The number of halogens is 3. The summed E-state index contributed by atoms with van der Waals surface area (Å²) < 4.78 is 38.4. The van der Waals surface area contributed by atoms with Gasteiger partial charge in [0.05, 0.1) is 22.9 Å². The first-order valence-corrected chi connectivity index (χ1v) is 6.14. The quantitative estimate of drug-likeness (QED) is 0.855. The summed E-state index contributed by atoms with van der Waals surface area (Å²) in [7, 11) is 0. The zero-order chi connectivity index (χ0) is 16.2. The highest BCUT2D eigenvalue weighted by Gasteiger charge is 2.33. The number of anilines is 1. The van der Waals surface area contributed by atoms with Crippen molar-refractivity contribution in [2.45, 2.75) is 6.18 Å². The predicted octanol–water partition coefficient (Wildman–Crippen LogP) is 3.33. The zero-order valence-corrected chi connectivity index (χ0v) is 11.1. The molecule has 0 aliphatic heterocycles. The van der Waals surface area contributed by atoms with Gasteiger partial charge in [0.25, 0.3) is 5.91 Å². The number of benzene rings is 2. The topological polar surface area (TPSA) is 64.9 Å². The predicted molar refractivity (Wildman–Crippen MR) is 73.7 cm³/mol. The first-order valence-electron chi connectivity index (χ1n) is 6.14. The van der Waals surface area contributed by atoms with Gasteiger partial charge < -0.3 is 0 Å². The summed E-state index contributed by atoms with van der Waals surface area (Å²) in [6.45, 7) is 0. The number of hydrazine groups is 1. The van der Waals surface area contributed by atoms with Crippen LogP contribution in [-0.4, -0.2) is 5.91 Å². The Bertz CT molecular complexity index is 718. The summed E-state index contributed by atoms with van der Waals surface area (Å²) >= 11 is 0. The summed E-state index contributed by atoms with van der Waals surface area (Å²) in [6, 6.07) is 12.4. The van der Waals surface area contributed by atoms with E-state index in [1.54, 1.807) is 0 Å². The van der Waals surface area contributed by atoms with Gasteiger partial charge in [0.1, 0.15) is 0 Å². The van der Waals surface area contributed by atoms with Gasteiger partial charge in [0.15, 0.2) is 0 Å². The molecule has 0 bridgehead atoms. The molecule has 2 N–H and O–H groups in total. The van der Waals surface area contributed by atoms with Crippen LogP contribution in [0, 0.1) is 11.3 Å². The van der Waals surface area contributed by atoms with Crippen LogP contribution in [0.25, 0.3) is 0 Å². The number of para-hydroxylation sites is 1. The van der Waals surface area contributed by atoms with Crippen LogP contribution in [0.1, 0.15) is 21.5 Å². The number of carbonyl (C=O) groups excluding carboxylic acids is 1. The van der Waals surface area contributed by atoms with E-state index in [2.05, 4.69) is 10.9 Å². The normalized spacial score (nSPS) is 10.6. The van der Waals surface area contributed by atoms with Gasteiger partial charge in [-0.15, -0.1) is 0 Å². The molecule has 0 aromatic heterocycles. The minimum Gasteiger partial charge on any atom is -0.298 e. The highest BCUT2D eigenvalue weighted by atomic mass is 19.4. The summed E-state index contributed by atoms with van der Waals surface area (Å²) in [6.07, 6.45) is -4.53. The average molecular weight is 305 g/mol. The molecule has 0 aliphatic rings. The van der Waals surface area contributed by atoms with E-state index in [0.29, 0.717) is 5.56 Å². The van der Waals surface area contributed by atoms with Crippen molar-refractivity contribution in [1.29, 1.82) is 5.26 Å². The third kappa shape index (κ3) is 3.55. The smallest absolute Gasteiger partial charge is 0.298 e. The molecule has 4 nitrogen and oxygen atoms in total. The van der Waals surface area contributed by atoms with Crippen molar-refractivity contribution in [3.05, 3.63) is 65.2 Å². The van der Waals surface area contributed by atoms with Crippen LogP contribution >= 0.6 is 0 Å². The number of carbonyl (C=O) groups is 1. The molecule has 0 radical (unpaired) electrons. The van der Waals surface area contributed by atoms with Crippen molar-refractivity contribution in [2.75, 3.05) is 5.43 Å². The first-order chi connectivity index (χ1) is 10.4. The Labute approximate surface area is 124 Å². The maximum Gasteiger partial charge on any atom is 0.418 e. The summed E-state index contributed by atoms with van der Waals surface area (Å²) in [5, 5.41) is 8.66. The van der Waals surface area contributed by atoms with Gasteiger partial charge in [-0.05, 0) is 36.4 Å². The third-order valence-electron chi connectivity index (χ3n) is 2.82. The lowest BCUT2D eigenvalue weighted by Gasteiger charge is -2.14. The SMILES string of the molecule is N#Cc1ccc(C(=O)NNc2ccccc2C(F)(F)F)cc1. The number of hydrogen-bond donors (Lipinski definition) is 2. The van der Waals surface area contributed by atoms with Gasteiger partial charge in [0.2, 0.25) is 0 Å². The fourth-order valence-corrected chi connectivity index (χ4v) is 1.73. The number of rotatable bonds is 3. The molecule has 0 spiro atoms. The highest BCUT2D eigenvalue weighted by Crippen LogP contribution is 2.34. The minimum absolute atomic E-state index is 0.219. The van der Waals surface area contributed by atoms with Gasteiger partial charge >= 0.3 is 6.18 Å². The van der Waals surface area contributed by atoms with Gasteiger partial charge in [0, 0.05) is 5.56 Å². The number of nitrogens with one attached hydrogen (secondary N) is 2. The third-order valence-corrected chi connectivity index (χ3v) is 2.82. The maximum atomic E-state index is 12.8. The summed E-state index contributed by atoms with van der Waals surface area (Å²) in [4.78, 5) is 11.8. The van der Waals surface area contributed by atoms with Crippen LogP contribution < -0.4 is 10.9 Å². The Kier molecular flexibility index (Phi) is 4.32. The first kappa shape index (κ1) is 15.4. The van der Waals surface area contributed by atoms with Crippen molar-refractivity contribution in [3.8, 4) is 6.07 Å². The summed E-state index contributed by atoms with van der Waals surface area (Å²) in [5.41, 5.74) is 3.92. The van der Waals surface area contributed by atoms with Crippen molar-refractivity contribution >= 4 is 11.6 Å². The van der Waals surface area contributed by atoms with Gasteiger partial charge in [-0.1, -0.05) is 12.1 Å². The second-order valence-corrected chi connectivity index (χ2v) is 4.31. The van der Waals surface area contributed by atoms with E-state index in [1.165, 1.54) is 42.5 Å². The fourth-order valence-electron chi connectivity index (χ4n) is 1.73. The van der Waals surface area contributed by atoms with E-state index in [0.717, 1.165) is 6.07 Å². The Morgan fingerprint density at radius 2 is 1.68 bits per heavy atom. The van der Waals surface area contributed by atoms with Crippen molar-refractivity contribution in [3.63, 3.8) is 0 Å². The lowest BCUT2D eigenvalue weighted by atomic mass is 10.1. The zero-order valence-electron chi connectivity index (χ0n) is 11.1. The molecule has 0 unspecified atom stereocenters. The second-order valence-electron chi connectivity index (χ2n) is 4.31. The van der Waals surface area contributed by atoms with E-state index in [1.807, 2.05) is 6.07 Å². The number of nitriles is 1. The van der Waals surface area contributed by atoms with E-state index >= 15 is 0 Å². The molecule has 2 aromatic carbocycles. The number of amides is 1. The lowest BCUT2D eigenvalue weighted by molar-refractivity contribution is -0.137. The van der Waals surface area contributed by atoms with Crippen LogP contribution in [0.5, 0.6) is 0 Å². The van der Waals surface area contributed by atoms with Crippen LogP contribution in [0.2, 0.25) is 0 Å². The number of alkyl halides is 3. The Morgan fingerprint density at radius 3 is 2.27 bits per heavy atom. The van der Waals surface area contributed by atoms with Gasteiger partial charge in [-0.3, -0.25) is 15.6 Å². The summed E-state index contributed by atoms with van der Waals surface area (Å²) in [5.74, 6) is -0.610. The molecule has 0 aliphatic carbocycles. The molecule has 0 saturated heterocycles. The maximum absolute atomic E-state index is 12.8. The largest absolute Gasteiger partial charge is 0.418 e. The Morgan fingerprint density at radius 1 is 1.05 bits per heavy atom.